The zero-order valence-electron chi connectivity index (χ0n) is 62.4. The van der Waals surface area contributed by atoms with Crippen LogP contribution in [0.4, 0.5) is 0 Å². The van der Waals surface area contributed by atoms with Gasteiger partial charge >= 0.3 is 0 Å². The van der Waals surface area contributed by atoms with Crippen molar-refractivity contribution in [2.45, 2.75) is 0 Å². The fourth-order valence-corrected chi connectivity index (χ4v) is 22.3. The molecule has 27 rings (SSSR count). The van der Waals surface area contributed by atoms with Crippen molar-refractivity contribution in [3.8, 4) is 72.7 Å². The lowest BCUT2D eigenvalue weighted by molar-refractivity contribution is 0.670. The maximum absolute atomic E-state index is 7.10. The first kappa shape index (κ1) is 63.5. The quantitative estimate of drug-likeness (QED) is 0.152. The molecule has 0 aliphatic heterocycles. The first-order chi connectivity index (χ1) is 58.0. The Morgan fingerprint density at radius 3 is 1.20 bits per heavy atom. The molecule has 0 saturated heterocycles. The van der Waals surface area contributed by atoms with E-state index in [0.29, 0.717) is 0 Å². The molecule has 117 heavy (non-hydrogen) atoms. The number of hydrogen-bond donors (Lipinski definition) is 0. The Kier molecular flexibility index (Phi) is 12.9. The number of fused-ring (bicyclic) bond motifs is 30. The average molecular weight is 1530 g/mol. The third-order valence-corrected chi connectivity index (χ3v) is 27.4. The molecule has 542 valence electrons. The summed E-state index contributed by atoms with van der Waals surface area (Å²) in [4.78, 5) is 0. The van der Waals surface area contributed by atoms with E-state index in [4.69, 9.17) is 17.7 Å². The summed E-state index contributed by atoms with van der Waals surface area (Å²) in [7, 11) is 0. The van der Waals surface area contributed by atoms with E-state index < -0.39 is 0 Å². The predicted molar refractivity (Wildman–Crippen MR) is 492 cm³/mol. The molecule has 9 heteroatoms. The van der Waals surface area contributed by atoms with E-state index in [1.807, 2.05) is 28.7 Å². The molecule has 0 amide bonds. The van der Waals surface area contributed by atoms with Crippen molar-refractivity contribution < 1.29 is 17.7 Å². The van der Waals surface area contributed by atoms with Crippen LogP contribution in [0.5, 0.6) is 0 Å². The molecule has 0 unspecified atom stereocenters. The fourth-order valence-electron chi connectivity index (χ4n) is 19.9. The molecule has 0 fully saturated rings. The Bertz CT molecular complexity index is 9020. The van der Waals surface area contributed by atoms with Gasteiger partial charge in [0, 0.05) is 138 Å². The number of thiophene rings is 2. The number of furan rings is 4. The third kappa shape index (κ3) is 8.93. The Balaban J connectivity index is 0.566. The summed E-state index contributed by atoms with van der Waals surface area (Å²) in [5.74, 6) is 0. The highest BCUT2D eigenvalue weighted by Gasteiger charge is 2.29. The summed E-state index contributed by atoms with van der Waals surface area (Å²) in [5.41, 5.74) is 27.9. The minimum absolute atomic E-state index is 0.828. The van der Waals surface area contributed by atoms with Gasteiger partial charge in [0.15, 0.2) is 16.7 Å². The van der Waals surface area contributed by atoms with Crippen LogP contribution in [0.15, 0.2) is 376 Å². The molecule has 18 aromatic carbocycles. The first-order valence-corrected chi connectivity index (χ1v) is 41.4. The van der Waals surface area contributed by atoms with Crippen LogP contribution in [0.1, 0.15) is 0 Å². The van der Waals surface area contributed by atoms with E-state index in [2.05, 4.69) is 366 Å². The van der Waals surface area contributed by atoms with Crippen LogP contribution < -0.4 is 0 Å². The van der Waals surface area contributed by atoms with Crippen molar-refractivity contribution >= 4 is 216 Å². The van der Waals surface area contributed by atoms with Gasteiger partial charge in [-0.15, -0.1) is 22.7 Å². The van der Waals surface area contributed by atoms with Crippen LogP contribution in [0.3, 0.4) is 0 Å². The van der Waals surface area contributed by atoms with E-state index in [1.165, 1.54) is 73.4 Å². The second kappa shape index (κ2) is 23.8. The summed E-state index contributed by atoms with van der Waals surface area (Å²) in [5, 5.41) is 20.7. The smallest absolute Gasteiger partial charge is 0.160 e. The topological polar surface area (TPSA) is 67.3 Å². The van der Waals surface area contributed by atoms with E-state index >= 15 is 0 Å². The highest BCUT2D eigenvalue weighted by Crippen LogP contribution is 2.52. The van der Waals surface area contributed by atoms with E-state index in [-0.39, 0.29) is 0 Å². The molecule has 7 nitrogen and oxygen atoms in total. The highest BCUT2D eigenvalue weighted by molar-refractivity contribution is 7.26. The minimum Gasteiger partial charge on any atom is -0.455 e. The fraction of sp³-hybridized carbons (Fsp3) is 0. The lowest BCUT2D eigenvalue weighted by atomic mass is 9.95. The molecule has 0 aliphatic carbocycles. The van der Waals surface area contributed by atoms with Crippen molar-refractivity contribution in [3.63, 3.8) is 0 Å². The number of aromatic nitrogens is 3. The summed E-state index contributed by atoms with van der Waals surface area (Å²) < 4.78 is 40.2. The van der Waals surface area contributed by atoms with Crippen LogP contribution in [-0.2, 0) is 0 Å². The largest absolute Gasteiger partial charge is 0.455 e. The zero-order chi connectivity index (χ0) is 76.0. The van der Waals surface area contributed by atoms with E-state index in [9.17, 15) is 0 Å². The lowest BCUT2D eigenvalue weighted by Gasteiger charge is -2.12. The highest BCUT2D eigenvalue weighted by atomic mass is 32.1. The van der Waals surface area contributed by atoms with Crippen molar-refractivity contribution in [1.29, 1.82) is 0 Å². The monoisotopic (exact) mass is 1530 g/mol. The Labute approximate surface area is 673 Å². The average Bonchev–Trinajstić information content (AvgIpc) is 1.56. The van der Waals surface area contributed by atoms with Crippen molar-refractivity contribution in [3.05, 3.63) is 358 Å². The number of para-hydroxylation sites is 7. The lowest BCUT2D eigenvalue weighted by Crippen LogP contribution is -1.94. The van der Waals surface area contributed by atoms with Gasteiger partial charge in [0.25, 0.3) is 0 Å². The van der Waals surface area contributed by atoms with Crippen molar-refractivity contribution in [2.75, 3.05) is 0 Å². The van der Waals surface area contributed by atoms with Gasteiger partial charge in [-0.3, -0.25) is 0 Å². The molecule has 9 aromatic heterocycles. The van der Waals surface area contributed by atoms with Gasteiger partial charge in [-0.25, -0.2) is 0 Å². The molecular weight excluding hydrogens is 1470 g/mol. The van der Waals surface area contributed by atoms with E-state index in [0.717, 1.165) is 193 Å². The normalized spacial score (nSPS) is 12.4. The number of rotatable bonds is 8. The Hall–Kier alpha value is -15.0. The summed E-state index contributed by atoms with van der Waals surface area (Å²) in [6.45, 7) is 0. The molecule has 0 aliphatic rings. The minimum atomic E-state index is 0.828. The number of nitrogens with zero attached hydrogens (tertiary/aromatic N) is 3. The SMILES string of the molecule is c1ccc2c(c1)oc1c2ccc2c3ccccc3n(-c3ccc(-c4cccc5c4sc4ccc(-c6cc7c8ccccc8oc7c7c6c6ccccc6n7-c6ccc(-c7cccc8c7oc7ccc(-c9cc%10c%11ccccc%11oc%10c%10c9c9ccccc9n%10-c9ccc(-c%10cccc%11sc%12ccccc%12c%10%11)cc9)cc78)cc6)cc45)cc3)c21. The Morgan fingerprint density at radius 1 is 0.188 bits per heavy atom. The second-order valence-corrected chi connectivity index (χ2v) is 33.3. The maximum Gasteiger partial charge on any atom is 0.160 e. The second-order valence-electron chi connectivity index (χ2n) is 31.1. The first-order valence-electron chi connectivity index (χ1n) is 39.7. The molecule has 9 heterocycles. The predicted octanol–water partition coefficient (Wildman–Crippen LogP) is 31.6. The number of benzene rings is 18. The van der Waals surface area contributed by atoms with Gasteiger partial charge in [-0.1, -0.05) is 231 Å². The van der Waals surface area contributed by atoms with Gasteiger partial charge in [0.05, 0.1) is 33.1 Å². The summed E-state index contributed by atoms with van der Waals surface area (Å²) in [6, 6.07) is 131. The molecule has 0 radical (unpaired) electrons. The Morgan fingerprint density at radius 2 is 0.581 bits per heavy atom. The van der Waals surface area contributed by atoms with Crippen molar-refractivity contribution in [2.24, 2.45) is 0 Å². The van der Waals surface area contributed by atoms with Gasteiger partial charge in [0.2, 0.25) is 0 Å². The molecular formula is C108H59N3O4S2. The van der Waals surface area contributed by atoms with Gasteiger partial charge in [-0.05, 0) is 177 Å². The maximum atomic E-state index is 7.10. The number of hydrogen-bond acceptors (Lipinski definition) is 6. The van der Waals surface area contributed by atoms with Gasteiger partial charge in [-0.2, -0.15) is 0 Å². The van der Waals surface area contributed by atoms with Gasteiger partial charge < -0.3 is 31.4 Å². The van der Waals surface area contributed by atoms with Crippen LogP contribution in [-0.4, -0.2) is 13.7 Å². The third-order valence-electron chi connectivity index (χ3n) is 25.1. The van der Waals surface area contributed by atoms with Crippen LogP contribution >= 0.6 is 22.7 Å². The molecule has 0 atom stereocenters. The van der Waals surface area contributed by atoms with Crippen molar-refractivity contribution in [1.82, 2.24) is 13.7 Å². The summed E-state index contributed by atoms with van der Waals surface area (Å²) in [6.07, 6.45) is 0. The molecule has 0 spiro atoms. The molecule has 0 N–H and O–H groups in total. The standard InChI is InChI=1S/C108H59N3O4S2/c1-8-30-88-71(18-1)75-52-53-77-72-19-4-11-33-91(72)113-105(77)101(75)109(88)65-50-42-62(43-51-65)70-27-16-29-78-85-57-64(45-55-96(85)117-108(70)78)83-59-87-74-21-6-13-35-93(74)115-107(87)103-100(83)80-23-3-10-32-90(80)111(103)67-48-40-61(41-49-67)69-26-15-28-76-84-56-63(44-54-94(84)112-104(69)76)82-58-86-73-20-5-12-34-92(73)114-106(86)102-99(82)79-22-2-9-31-89(79)110(102)66-46-38-60(39-47-66)68-25-17-37-97-98(68)81-24-7-14-36-95(81)116-97/h1-59H. The molecule has 0 saturated carbocycles. The van der Waals surface area contributed by atoms with Crippen LogP contribution in [0, 0.1) is 0 Å². The van der Waals surface area contributed by atoms with E-state index in [1.54, 1.807) is 0 Å². The summed E-state index contributed by atoms with van der Waals surface area (Å²) >= 11 is 3.72. The van der Waals surface area contributed by atoms with Crippen LogP contribution in [0.25, 0.3) is 266 Å². The molecule has 27 aromatic rings. The zero-order valence-corrected chi connectivity index (χ0v) is 64.0. The molecule has 0 bridgehead atoms. The van der Waals surface area contributed by atoms with Crippen LogP contribution in [0.2, 0.25) is 0 Å². The van der Waals surface area contributed by atoms with Gasteiger partial charge in [0.1, 0.15) is 27.9 Å².